The number of nitrogens with two attached hydrogens (primary N) is 1. The molecule has 0 aliphatic heterocycles. The highest BCUT2D eigenvalue weighted by molar-refractivity contribution is 5.97. The molecule has 4 rings (SSSR count). The predicted octanol–water partition coefficient (Wildman–Crippen LogP) is 6.27. The van der Waals surface area contributed by atoms with Crippen LogP contribution in [0.15, 0.2) is 97.1 Å². The van der Waals surface area contributed by atoms with Crippen LogP contribution in [0.2, 0.25) is 0 Å². The van der Waals surface area contributed by atoms with Gasteiger partial charge in [0.05, 0.1) is 25.3 Å². The number of aromatic carboxylic acids is 1. The maximum Gasteiger partial charge on any atom is 0.338 e. The third kappa shape index (κ3) is 15.1. The van der Waals surface area contributed by atoms with Gasteiger partial charge in [-0.2, -0.15) is 0 Å². The molecule has 4 aromatic rings. The lowest BCUT2D eigenvalue weighted by molar-refractivity contribution is -0.143. The summed E-state index contributed by atoms with van der Waals surface area (Å²) in [6.07, 6.45) is 0.792. The van der Waals surface area contributed by atoms with E-state index in [9.17, 15) is 28.0 Å². The standard InChI is InChI=1S/C18H18FNO3.C11H15NO2.C7H5FO2.CH4.ClH/c1-12-7-9-13(10-8-12)11-16(18(22)23-2)20-17(21)14-5-3-4-6-15(14)19;1-8-3-5-9(6-4-8)7-10(12)11(13)14-2;8-6-4-2-1-3-5(6)7(9)10;;/h3-10,16H,11H2,1-2H3,(H,20,21);3-6,10H,7,12H2,1-2H3;1-4H,(H,9,10);1H4;1H. The van der Waals surface area contributed by atoms with Crippen LogP contribution in [0, 0.1) is 25.5 Å². The van der Waals surface area contributed by atoms with E-state index >= 15 is 0 Å². The summed E-state index contributed by atoms with van der Waals surface area (Å²) in [5.41, 5.74) is 9.44. The summed E-state index contributed by atoms with van der Waals surface area (Å²) in [7, 11) is 2.59. The largest absolute Gasteiger partial charge is 0.478 e. The fourth-order valence-corrected chi connectivity index (χ4v) is 4.02. The number of esters is 2. The first-order chi connectivity index (χ1) is 22.4. The SMILES string of the molecule is C.COC(=O)C(Cc1ccc(C)cc1)NC(=O)c1ccccc1F.COC(=O)C(N)Cc1ccc(C)cc1.Cl.O=C(O)c1ccccc1F. The molecule has 0 aliphatic carbocycles. The molecule has 49 heavy (non-hydrogen) atoms. The van der Waals surface area contributed by atoms with E-state index in [1.807, 2.05) is 62.4 Å². The molecule has 2 unspecified atom stereocenters. The number of hydrogen-bond donors (Lipinski definition) is 3. The van der Waals surface area contributed by atoms with Gasteiger partial charge >= 0.3 is 17.9 Å². The van der Waals surface area contributed by atoms with Crippen molar-refractivity contribution in [3.63, 3.8) is 0 Å². The van der Waals surface area contributed by atoms with Gasteiger partial charge in [0.2, 0.25) is 0 Å². The first kappa shape index (κ1) is 43.9. The van der Waals surface area contributed by atoms with Gasteiger partial charge < -0.3 is 25.6 Å². The van der Waals surface area contributed by atoms with E-state index in [1.165, 1.54) is 56.2 Å². The molecular weight excluding hydrogens is 658 g/mol. The highest BCUT2D eigenvalue weighted by Crippen LogP contribution is 2.11. The third-order valence-electron chi connectivity index (χ3n) is 6.65. The number of aryl methyl sites for hydroxylation is 2. The summed E-state index contributed by atoms with van der Waals surface area (Å²) in [5.74, 6) is -4.16. The van der Waals surface area contributed by atoms with Crippen molar-refractivity contribution in [3.8, 4) is 0 Å². The summed E-state index contributed by atoms with van der Waals surface area (Å²) in [6, 6.07) is 25.0. The second-order valence-electron chi connectivity index (χ2n) is 10.3. The summed E-state index contributed by atoms with van der Waals surface area (Å²) in [5, 5.41) is 10.9. The van der Waals surface area contributed by atoms with Crippen molar-refractivity contribution in [3.05, 3.63) is 142 Å². The smallest absolute Gasteiger partial charge is 0.338 e. The maximum atomic E-state index is 13.7. The molecule has 2 atom stereocenters. The fourth-order valence-electron chi connectivity index (χ4n) is 4.02. The molecule has 12 heteroatoms. The van der Waals surface area contributed by atoms with Crippen LogP contribution in [0.25, 0.3) is 0 Å². The number of halogens is 3. The molecule has 0 radical (unpaired) electrons. The van der Waals surface area contributed by atoms with Crippen LogP contribution in [0.5, 0.6) is 0 Å². The zero-order valence-electron chi connectivity index (χ0n) is 26.9. The molecule has 264 valence electrons. The summed E-state index contributed by atoms with van der Waals surface area (Å²) in [4.78, 5) is 45.3. The lowest BCUT2D eigenvalue weighted by Crippen LogP contribution is -2.43. The quantitative estimate of drug-likeness (QED) is 0.173. The number of benzene rings is 4. The van der Waals surface area contributed by atoms with Gasteiger partial charge in [-0.1, -0.05) is 91.3 Å². The Bertz CT molecular complexity index is 1630. The maximum absolute atomic E-state index is 13.7. The molecule has 1 amide bonds. The minimum atomic E-state index is -1.24. The summed E-state index contributed by atoms with van der Waals surface area (Å²) < 4.78 is 35.4. The van der Waals surface area contributed by atoms with Gasteiger partial charge in [-0.3, -0.25) is 9.59 Å². The van der Waals surface area contributed by atoms with E-state index < -0.39 is 41.6 Å². The lowest BCUT2D eigenvalue weighted by atomic mass is 10.0. The highest BCUT2D eigenvalue weighted by atomic mass is 35.5. The molecular formula is C37H43ClF2N2O7. The third-order valence-corrected chi connectivity index (χ3v) is 6.65. The van der Waals surface area contributed by atoms with Crippen molar-refractivity contribution in [2.45, 2.75) is 46.2 Å². The number of carboxylic acid groups (broad SMARTS) is 1. The van der Waals surface area contributed by atoms with Gasteiger partial charge in [-0.25, -0.2) is 18.4 Å². The van der Waals surface area contributed by atoms with Crippen LogP contribution >= 0.6 is 12.4 Å². The number of ether oxygens (including phenoxy) is 2. The van der Waals surface area contributed by atoms with Crippen LogP contribution in [0.4, 0.5) is 8.78 Å². The zero-order valence-corrected chi connectivity index (χ0v) is 27.8. The van der Waals surface area contributed by atoms with Crippen LogP contribution < -0.4 is 11.1 Å². The van der Waals surface area contributed by atoms with Crippen molar-refractivity contribution in [1.29, 1.82) is 0 Å². The van der Waals surface area contributed by atoms with Crippen LogP contribution in [-0.2, 0) is 31.9 Å². The first-order valence-corrected chi connectivity index (χ1v) is 14.4. The van der Waals surface area contributed by atoms with Crippen LogP contribution in [0.3, 0.4) is 0 Å². The Morgan fingerprint density at radius 2 is 1.10 bits per heavy atom. The van der Waals surface area contributed by atoms with Gasteiger partial charge in [0.25, 0.3) is 5.91 Å². The van der Waals surface area contributed by atoms with E-state index in [2.05, 4.69) is 10.1 Å². The number of carbonyl (C=O) groups is 4. The Hall–Kier alpha value is -5.13. The first-order valence-electron chi connectivity index (χ1n) is 14.4. The van der Waals surface area contributed by atoms with Crippen molar-refractivity contribution in [2.75, 3.05) is 14.2 Å². The molecule has 4 aromatic carbocycles. The number of methoxy groups -OCH3 is 2. The van der Waals surface area contributed by atoms with E-state index in [4.69, 9.17) is 15.6 Å². The van der Waals surface area contributed by atoms with E-state index in [0.717, 1.165) is 22.8 Å². The molecule has 0 fully saturated rings. The molecule has 0 heterocycles. The van der Waals surface area contributed by atoms with Crippen molar-refractivity contribution in [1.82, 2.24) is 5.32 Å². The topological polar surface area (TPSA) is 145 Å². The van der Waals surface area contributed by atoms with Crippen LogP contribution in [-0.4, -0.2) is 55.2 Å². The number of hydrogen-bond acceptors (Lipinski definition) is 7. The molecule has 0 spiro atoms. The number of carbonyl (C=O) groups excluding carboxylic acids is 3. The number of carboxylic acids is 1. The van der Waals surface area contributed by atoms with Gasteiger partial charge in [0.15, 0.2) is 0 Å². The van der Waals surface area contributed by atoms with Gasteiger partial charge in [-0.05, 0) is 55.7 Å². The van der Waals surface area contributed by atoms with E-state index in [0.29, 0.717) is 6.42 Å². The van der Waals surface area contributed by atoms with Gasteiger partial charge in [0, 0.05) is 6.42 Å². The minimum absolute atomic E-state index is 0. The number of nitrogens with one attached hydrogen (secondary N) is 1. The van der Waals surface area contributed by atoms with Gasteiger partial charge in [-0.15, -0.1) is 12.4 Å². The highest BCUT2D eigenvalue weighted by Gasteiger charge is 2.23. The minimum Gasteiger partial charge on any atom is -0.478 e. The Morgan fingerprint density at radius 1 is 0.694 bits per heavy atom. The number of amides is 1. The second-order valence-corrected chi connectivity index (χ2v) is 10.3. The lowest BCUT2D eigenvalue weighted by Gasteiger charge is -2.17. The molecule has 4 N–H and O–H groups in total. The van der Waals surface area contributed by atoms with E-state index in [1.54, 1.807) is 6.07 Å². The number of rotatable bonds is 9. The second kappa shape index (κ2) is 22.4. The fraction of sp³-hybridized carbons (Fsp3) is 0.243. The van der Waals surface area contributed by atoms with E-state index in [-0.39, 0.29) is 43.4 Å². The zero-order chi connectivity index (χ0) is 34.9. The molecule has 9 nitrogen and oxygen atoms in total. The summed E-state index contributed by atoms with van der Waals surface area (Å²) in [6.45, 7) is 3.98. The molecule has 0 saturated carbocycles. The Morgan fingerprint density at radius 3 is 1.49 bits per heavy atom. The Kier molecular flexibility index (Phi) is 20.1. The molecule has 0 bridgehead atoms. The van der Waals surface area contributed by atoms with Crippen molar-refractivity contribution < 1.29 is 42.5 Å². The monoisotopic (exact) mass is 700 g/mol. The van der Waals surface area contributed by atoms with Crippen molar-refractivity contribution in [2.24, 2.45) is 5.73 Å². The average Bonchev–Trinajstić information content (AvgIpc) is 3.06. The van der Waals surface area contributed by atoms with Gasteiger partial charge in [0.1, 0.15) is 23.7 Å². The molecule has 0 aliphatic rings. The Balaban J connectivity index is 0.000000758. The van der Waals surface area contributed by atoms with Crippen molar-refractivity contribution >= 4 is 36.2 Å². The molecule has 0 aromatic heterocycles. The van der Waals surface area contributed by atoms with Crippen LogP contribution in [0.1, 0.15) is 50.4 Å². The molecule has 0 saturated heterocycles. The normalized spacial score (nSPS) is 10.8. The Labute approximate surface area is 291 Å². The summed E-state index contributed by atoms with van der Waals surface area (Å²) >= 11 is 0. The predicted molar refractivity (Wildman–Crippen MR) is 187 cm³/mol. The average molecular weight is 701 g/mol.